The van der Waals surface area contributed by atoms with Gasteiger partial charge in [-0.2, -0.15) is 0 Å². The standard InChI is InChI=1S/C6H8Cl2N2/c7-4-1-2-6(9,10)3-5(4)8/h1,3H,2,9-10H2. The Morgan fingerprint density at radius 2 is 1.90 bits per heavy atom. The van der Waals surface area contributed by atoms with Gasteiger partial charge in [0.1, 0.15) is 0 Å². The SMILES string of the molecule is NC1(N)C=C(Cl)C(Cl)=CC1. The van der Waals surface area contributed by atoms with Crippen molar-refractivity contribution in [3.63, 3.8) is 0 Å². The smallest absolute Gasteiger partial charge is 0.0882 e. The molecule has 0 bridgehead atoms. The van der Waals surface area contributed by atoms with Crippen LogP contribution >= 0.6 is 23.2 Å². The molecule has 1 rings (SSSR count). The highest BCUT2D eigenvalue weighted by Gasteiger charge is 2.20. The van der Waals surface area contributed by atoms with Crippen molar-refractivity contribution in [2.24, 2.45) is 11.5 Å². The van der Waals surface area contributed by atoms with Gasteiger partial charge in [0, 0.05) is 6.42 Å². The molecule has 0 saturated heterocycles. The molecular weight excluding hydrogens is 171 g/mol. The van der Waals surface area contributed by atoms with Crippen molar-refractivity contribution in [3.05, 3.63) is 22.2 Å². The maximum Gasteiger partial charge on any atom is 0.0882 e. The highest BCUT2D eigenvalue weighted by Crippen LogP contribution is 2.26. The Morgan fingerprint density at radius 1 is 1.30 bits per heavy atom. The van der Waals surface area contributed by atoms with E-state index >= 15 is 0 Å². The van der Waals surface area contributed by atoms with Crippen molar-refractivity contribution >= 4 is 23.2 Å². The number of halogens is 2. The van der Waals surface area contributed by atoms with Gasteiger partial charge in [-0.15, -0.1) is 0 Å². The lowest BCUT2D eigenvalue weighted by Gasteiger charge is -2.22. The lowest BCUT2D eigenvalue weighted by atomic mass is 10.0. The van der Waals surface area contributed by atoms with Crippen molar-refractivity contribution < 1.29 is 0 Å². The maximum absolute atomic E-state index is 5.65. The zero-order valence-corrected chi connectivity index (χ0v) is 6.78. The van der Waals surface area contributed by atoms with Crippen LogP contribution in [0.15, 0.2) is 22.2 Å². The Balaban J connectivity index is 2.87. The molecule has 0 saturated carbocycles. The molecular formula is C6H8Cl2N2. The molecule has 0 radical (unpaired) electrons. The van der Waals surface area contributed by atoms with Crippen LogP contribution in [0.5, 0.6) is 0 Å². The summed E-state index contributed by atoms with van der Waals surface area (Å²) in [6.45, 7) is 0. The third kappa shape index (κ3) is 1.73. The van der Waals surface area contributed by atoms with Gasteiger partial charge in [0.15, 0.2) is 0 Å². The average Bonchev–Trinajstić information content (AvgIpc) is 1.79. The minimum Gasteiger partial charge on any atom is -0.310 e. The van der Waals surface area contributed by atoms with Gasteiger partial charge in [0.25, 0.3) is 0 Å². The van der Waals surface area contributed by atoms with E-state index in [1.807, 2.05) is 0 Å². The van der Waals surface area contributed by atoms with E-state index in [1.54, 1.807) is 12.2 Å². The zero-order valence-electron chi connectivity index (χ0n) is 5.27. The number of allylic oxidation sites excluding steroid dienone is 2. The molecule has 10 heavy (non-hydrogen) atoms. The second kappa shape index (κ2) is 2.55. The van der Waals surface area contributed by atoms with E-state index in [0.29, 0.717) is 16.5 Å². The average molecular weight is 179 g/mol. The molecule has 1 aliphatic rings. The van der Waals surface area contributed by atoms with E-state index in [2.05, 4.69) is 0 Å². The van der Waals surface area contributed by atoms with Crippen LogP contribution in [-0.4, -0.2) is 5.66 Å². The van der Waals surface area contributed by atoms with E-state index in [-0.39, 0.29) is 0 Å². The van der Waals surface area contributed by atoms with Crippen LogP contribution in [0.1, 0.15) is 6.42 Å². The molecule has 0 unspecified atom stereocenters. The van der Waals surface area contributed by atoms with Gasteiger partial charge >= 0.3 is 0 Å². The molecule has 0 atom stereocenters. The number of nitrogens with two attached hydrogens (primary N) is 2. The molecule has 56 valence electrons. The lowest BCUT2D eigenvalue weighted by molar-refractivity contribution is 0.555. The molecule has 0 aromatic carbocycles. The lowest BCUT2D eigenvalue weighted by Crippen LogP contribution is -2.47. The predicted molar refractivity (Wildman–Crippen MR) is 43.6 cm³/mol. The topological polar surface area (TPSA) is 52.0 Å². The fraction of sp³-hybridized carbons (Fsp3) is 0.333. The Bertz CT molecular complexity index is 206. The van der Waals surface area contributed by atoms with Gasteiger partial charge in [-0.05, 0) is 6.08 Å². The summed E-state index contributed by atoms with van der Waals surface area (Å²) in [6, 6.07) is 0. The summed E-state index contributed by atoms with van der Waals surface area (Å²) < 4.78 is 0. The molecule has 2 nitrogen and oxygen atoms in total. The third-order valence-electron chi connectivity index (χ3n) is 1.26. The van der Waals surface area contributed by atoms with Crippen LogP contribution in [-0.2, 0) is 0 Å². The van der Waals surface area contributed by atoms with Crippen molar-refractivity contribution in [1.29, 1.82) is 0 Å². The second-order valence-corrected chi connectivity index (χ2v) is 3.18. The van der Waals surface area contributed by atoms with Crippen LogP contribution < -0.4 is 11.5 Å². The van der Waals surface area contributed by atoms with Gasteiger partial charge in [-0.3, -0.25) is 0 Å². The molecule has 0 heterocycles. The van der Waals surface area contributed by atoms with E-state index in [0.717, 1.165) is 0 Å². The van der Waals surface area contributed by atoms with Crippen molar-refractivity contribution in [3.8, 4) is 0 Å². The Hall–Kier alpha value is -0.0200. The fourth-order valence-electron chi connectivity index (χ4n) is 0.728. The highest BCUT2D eigenvalue weighted by molar-refractivity contribution is 6.44. The van der Waals surface area contributed by atoms with Gasteiger partial charge in [0.2, 0.25) is 0 Å². The second-order valence-electron chi connectivity index (χ2n) is 2.36. The van der Waals surface area contributed by atoms with E-state index in [9.17, 15) is 0 Å². The quantitative estimate of drug-likeness (QED) is 0.549. The normalized spacial score (nSPS) is 23.6. The summed E-state index contributed by atoms with van der Waals surface area (Å²) in [4.78, 5) is 0. The first-order valence-electron chi connectivity index (χ1n) is 2.83. The summed E-state index contributed by atoms with van der Waals surface area (Å²) in [6.07, 6.45) is 3.79. The predicted octanol–water partition coefficient (Wildman–Crippen LogP) is 1.25. The molecule has 0 aliphatic heterocycles. The summed E-state index contributed by atoms with van der Waals surface area (Å²) in [7, 11) is 0. The van der Waals surface area contributed by atoms with Crippen molar-refractivity contribution in [1.82, 2.24) is 0 Å². The molecule has 1 aliphatic carbocycles. The largest absolute Gasteiger partial charge is 0.310 e. The number of hydrogen-bond donors (Lipinski definition) is 2. The van der Waals surface area contributed by atoms with E-state index in [1.165, 1.54) is 0 Å². The van der Waals surface area contributed by atoms with Gasteiger partial charge < -0.3 is 11.5 Å². The minimum absolute atomic E-state index is 0.429. The van der Waals surface area contributed by atoms with E-state index in [4.69, 9.17) is 34.7 Å². The third-order valence-corrected chi connectivity index (χ3v) is 2.03. The monoisotopic (exact) mass is 178 g/mol. The molecule has 0 aromatic heterocycles. The van der Waals surface area contributed by atoms with Gasteiger partial charge in [-0.1, -0.05) is 29.3 Å². The summed E-state index contributed by atoms with van der Waals surface area (Å²) >= 11 is 11.3. The molecule has 0 spiro atoms. The van der Waals surface area contributed by atoms with Gasteiger partial charge in [0.05, 0.1) is 15.7 Å². The zero-order chi connectivity index (χ0) is 7.78. The Morgan fingerprint density at radius 3 is 2.30 bits per heavy atom. The number of rotatable bonds is 0. The van der Waals surface area contributed by atoms with Crippen LogP contribution in [0.25, 0.3) is 0 Å². The summed E-state index contributed by atoms with van der Waals surface area (Å²) in [5.41, 5.74) is 10.3. The van der Waals surface area contributed by atoms with Crippen LogP contribution in [0, 0.1) is 0 Å². The molecule has 4 N–H and O–H groups in total. The first kappa shape index (κ1) is 8.08. The van der Waals surface area contributed by atoms with Crippen molar-refractivity contribution in [2.45, 2.75) is 12.1 Å². The number of hydrogen-bond acceptors (Lipinski definition) is 2. The van der Waals surface area contributed by atoms with E-state index < -0.39 is 5.66 Å². The fourth-order valence-corrected chi connectivity index (χ4v) is 1.14. The first-order chi connectivity index (χ1) is 4.51. The van der Waals surface area contributed by atoms with Crippen LogP contribution in [0.3, 0.4) is 0 Å². The maximum atomic E-state index is 5.65. The Labute approximate surface area is 69.5 Å². The van der Waals surface area contributed by atoms with Gasteiger partial charge in [-0.25, -0.2) is 0 Å². The Kier molecular flexibility index (Phi) is 2.06. The highest BCUT2D eigenvalue weighted by atomic mass is 35.5. The molecule has 0 aromatic rings. The minimum atomic E-state index is -0.824. The summed E-state index contributed by atoms with van der Waals surface area (Å²) in [5.74, 6) is 0. The molecule has 4 heteroatoms. The van der Waals surface area contributed by atoms with Crippen molar-refractivity contribution in [2.75, 3.05) is 0 Å². The molecule has 0 fully saturated rings. The first-order valence-corrected chi connectivity index (χ1v) is 3.59. The van der Waals surface area contributed by atoms with Crippen LogP contribution in [0.2, 0.25) is 0 Å². The summed E-state index contributed by atoms with van der Waals surface area (Å²) in [5, 5.41) is 0.950. The van der Waals surface area contributed by atoms with Crippen LogP contribution in [0.4, 0.5) is 0 Å². The molecule has 0 amide bonds.